The minimum Gasteiger partial charge on any atom is -0.481 e. The van der Waals surface area contributed by atoms with Crippen molar-refractivity contribution >= 4 is 5.97 Å². The first-order valence-corrected chi connectivity index (χ1v) is 7.91. The van der Waals surface area contributed by atoms with Crippen LogP contribution in [0.3, 0.4) is 0 Å². The molecule has 0 bridgehead atoms. The molecule has 3 heteroatoms. The lowest BCUT2D eigenvalue weighted by atomic mass is 9.68. The summed E-state index contributed by atoms with van der Waals surface area (Å²) in [5, 5.41) is 9.66. The predicted octanol–water partition coefficient (Wildman–Crippen LogP) is 3.39. The summed E-state index contributed by atoms with van der Waals surface area (Å²) in [6.07, 6.45) is 6.32. The van der Waals surface area contributed by atoms with Crippen LogP contribution in [0.5, 0.6) is 0 Å². The van der Waals surface area contributed by atoms with Gasteiger partial charge < -0.3 is 10.0 Å². The molecule has 0 spiro atoms. The molecule has 3 nitrogen and oxygen atoms in total. The SMILES string of the molecule is CCC1(CC)CN(CC2(C(=O)O)CCC(C)CC2)C1. The van der Waals surface area contributed by atoms with Gasteiger partial charge in [-0.3, -0.25) is 4.79 Å². The Balaban J connectivity index is 1.95. The van der Waals surface area contributed by atoms with Crippen molar-refractivity contribution in [1.29, 1.82) is 0 Å². The summed E-state index contributed by atoms with van der Waals surface area (Å²) >= 11 is 0. The lowest BCUT2D eigenvalue weighted by molar-refractivity contribution is -0.156. The van der Waals surface area contributed by atoms with Gasteiger partial charge in [-0.2, -0.15) is 0 Å². The van der Waals surface area contributed by atoms with Crippen molar-refractivity contribution in [2.24, 2.45) is 16.7 Å². The summed E-state index contributed by atoms with van der Waals surface area (Å²) in [6, 6.07) is 0. The molecule has 0 radical (unpaired) electrons. The van der Waals surface area contributed by atoms with E-state index in [4.69, 9.17) is 0 Å². The Hall–Kier alpha value is -0.570. The van der Waals surface area contributed by atoms with E-state index in [1.54, 1.807) is 0 Å². The number of likely N-dealkylation sites (tertiary alicyclic amines) is 1. The molecule has 2 rings (SSSR count). The first-order chi connectivity index (χ1) is 8.95. The topological polar surface area (TPSA) is 40.5 Å². The van der Waals surface area contributed by atoms with E-state index in [2.05, 4.69) is 25.7 Å². The van der Waals surface area contributed by atoms with E-state index in [0.717, 1.165) is 45.3 Å². The average molecular weight is 267 g/mol. The van der Waals surface area contributed by atoms with Crippen LogP contribution in [0.2, 0.25) is 0 Å². The quantitative estimate of drug-likeness (QED) is 0.830. The summed E-state index contributed by atoms with van der Waals surface area (Å²) in [7, 11) is 0. The molecule has 1 heterocycles. The smallest absolute Gasteiger partial charge is 0.310 e. The van der Waals surface area contributed by atoms with Gasteiger partial charge in [0.25, 0.3) is 0 Å². The molecule has 1 saturated heterocycles. The lowest BCUT2D eigenvalue weighted by Gasteiger charge is -2.53. The van der Waals surface area contributed by atoms with Crippen LogP contribution in [0.15, 0.2) is 0 Å². The molecule has 2 aliphatic rings. The first kappa shape index (κ1) is 14.8. The number of nitrogens with zero attached hydrogens (tertiary/aromatic N) is 1. The largest absolute Gasteiger partial charge is 0.481 e. The fraction of sp³-hybridized carbons (Fsp3) is 0.938. The number of hydrogen-bond donors (Lipinski definition) is 1. The minimum atomic E-state index is -0.565. The van der Waals surface area contributed by atoms with Gasteiger partial charge in [-0.15, -0.1) is 0 Å². The Kier molecular flexibility index (Phi) is 4.24. The van der Waals surface area contributed by atoms with E-state index >= 15 is 0 Å². The zero-order chi connectivity index (χ0) is 14.1. The Morgan fingerprint density at radius 3 is 2.16 bits per heavy atom. The van der Waals surface area contributed by atoms with Crippen molar-refractivity contribution in [2.45, 2.75) is 59.3 Å². The summed E-state index contributed by atoms with van der Waals surface area (Å²) in [4.78, 5) is 14.1. The van der Waals surface area contributed by atoms with Crippen molar-refractivity contribution < 1.29 is 9.90 Å². The fourth-order valence-electron chi connectivity index (χ4n) is 3.89. The second kappa shape index (κ2) is 5.43. The second-order valence-corrected chi connectivity index (χ2v) is 7.12. The van der Waals surface area contributed by atoms with E-state index in [1.165, 1.54) is 12.8 Å². The van der Waals surface area contributed by atoms with Crippen LogP contribution in [0, 0.1) is 16.7 Å². The van der Waals surface area contributed by atoms with E-state index in [9.17, 15) is 9.90 Å². The third-order valence-corrected chi connectivity index (χ3v) is 5.83. The van der Waals surface area contributed by atoms with Crippen LogP contribution in [-0.4, -0.2) is 35.6 Å². The molecular formula is C16H29NO2. The zero-order valence-corrected chi connectivity index (χ0v) is 12.7. The third kappa shape index (κ3) is 2.81. The maximum absolute atomic E-state index is 11.7. The molecule has 1 aliphatic carbocycles. The number of carbonyl (C=O) groups is 1. The van der Waals surface area contributed by atoms with Gasteiger partial charge in [0.05, 0.1) is 5.41 Å². The number of hydrogen-bond acceptors (Lipinski definition) is 2. The van der Waals surface area contributed by atoms with Gasteiger partial charge in [-0.25, -0.2) is 0 Å². The van der Waals surface area contributed by atoms with Gasteiger partial charge in [-0.05, 0) is 49.9 Å². The van der Waals surface area contributed by atoms with Gasteiger partial charge in [0.2, 0.25) is 0 Å². The fourth-order valence-corrected chi connectivity index (χ4v) is 3.89. The molecule has 0 aromatic carbocycles. The molecular weight excluding hydrogens is 238 g/mol. The lowest BCUT2D eigenvalue weighted by Crippen LogP contribution is -2.59. The minimum absolute atomic E-state index is 0.458. The van der Waals surface area contributed by atoms with Gasteiger partial charge in [-0.1, -0.05) is 20.8 Å². The summed E-state index contributed by atoms with van der Waals surface area (Å²) in [6.45, 7) is 9.74. The Morgan fingerprint density at radius 2 is 1.74 bits per heavy atom. The van der Waals surface area contributed by atoms with E-state index in [1.807, 2.05) is 0 Å². The molecule has 1 saturated carbocycles. The monoisotopic (exact) mass is 267 g/mol. The first-order valence-electron chi connectivity index (χ1n) is 7.91. The van der Waals surface area contributed by atoms with Crippen LogP contribution in [0.4, 0.5) is 0 Å². The van der Waals surface area contributed by atoms with Gasteiger partial charge in [0, 0.05) is 19.6 Å². The summed E-state index contributed by atoms with van der Waals surface area (Å²) in [5.74, 6) is 0.138. The van der Waals surface area contributed by atoms with Crippen LogP contribution in [-0.2, 0) is 4.79 Å². The molecule has 1 aliphatic heterocycles. The van der Waals surface area contributed by atoms with Crippen molar-refractivity contribution in [3.8, 4) is 0 Å². The van der Waals surface area contributed by atoms with Crippen molar-refractivity contribution in [2.75, 3.05) is 19.6 Å². The van der Waals surface area contributed by atoms with Crippen molar-refractivity contribution in [3.63, 3.8) is 0 Å². The molecule has 0 atom stereocenters. The number of carboxylic acids is 1. The number of aliphatic carboxylic acids is 1. The highest BCUT2D eigenvalue weighted by atomic mass is 16.4. The molecule has 2 fully saturated rings. The van der Waals surface area contributed by atoms with Crippen LogP contribution >= 0.6 is 0 Å². The molecule has 0 amide bonds. The van der Waals surface area contributed by atoms with Crippen LogP contribution in [0.25, 0.3) is 0 Å². The van der Waals surface area contributed by atoms with E-state index in [-0.39, 0.29) is 0 Å². The second-order valence-electron chi connectivity index (χ2n) is 7.12. The summed E-state index contributed by atoms with van der Waals surface area (Å²) < 4.78 is 0. The van der Waals surface area contributed by atoms with Gasteiger partial charge >= 0.3 is 5.97 Å². The highest BCUT2D eigenvalue weighted by molar-refractivity contribution is 5.75. The predicted molar refractivity (Wildman–Crippen MR) is 77.2 cm³/mol. The normalized spacial score (nSPS) is 34.8. The molecule has 19 heavy (non-hydrogen) atoms. The standard InChI is InChI=1S/C16H29NO2/c1-4-15(5-2)10-17(11-15)12-16(14(18)19)8-6-13(3)7-9-16/h13H,4-12H2,1-3H3,(H,18,19). The summed E-state index contributed by atoms with van der Waals surface area (Å²) in [5.41, 5.74) is 0.0157. The number of rotatable bonds is 5. The average Bonchev–Trinajstić information content (AvgIpc) is 2.36. The van der Waals surface area contributed by atoms with Gasteiger partial charge in [0.1, 0.15) is 0 Å². The third-order valence-electron chi connectivity index (χ3n) is 5.83. The zero-order valence-electron chi connectivity index (χ0n) is 12.7. The van der Waals surface area contributed by atoms with Gasteiger partial charge in [0.15, 0.2) is 0 Å². The highest BCUT2D eigenvalue weighted by Gasteiger charge is 2.47. The Bertz CT molecular complexity index is 320. The Morgan fingerprint density at radius 1 is 1.21 bits per heavy atom. The van der Waals surface area contributed by atoms with Crippen molar-refractivity contribution in [1.82, 2.24) is 4.90 Å². The van der Waals surface area contributed by atoms with E-state index < -0.39 is 11.4 Å². The van der Waals surface area contributed by atoms with Crippen LogP contribution < -0.4 is 0 Å². The Labute approximate surface area is 117 Å². The molecule has 1 N–H and O–H groups in total. The molecule has 0 aromatic rings. The van der Waals surface area contributed by atoms with Crippen molar-refractivity contribution in [3.05, 3.63) is 0 Å². The molecule has 0 unspecified atom stereocenters. The van der Waals surface area contributed by atoms with Crippen LogP contribution in [0.1, 0.15) is 59.3 Å². The highest BCUT2D eigenvalue weighted by Crippen LogP contribution is 2.44. The number of carboxylic acid groups (broad SMARTS) is 1. The maximum Gasteiger partial charge on any atom is 0.310 e. The molecule has 110 valence electrons. The molecule has 0 aromatic heterocycles. The maximum atomic E-state index is 11.7. The van der Waals surface area contributed by atoms with E-state index in [0.29, 0.717) is 11.3 Å².